The maximum atomic E-state index is 8.69. The normalized spacial score (nSPS) is 9.50. The predicted octanol–water partition coefficient (Wildman–Crippen LogP) is -1.83. The molecule has 0 saturated heterocycles. The molecule has 6 heteroatoms. The Morgan fingerprint density at radius 2 is 1.17 bits per heavy atom. The van der Waals surface area contributed by atoms with Gasteiger partial charge in [0.2, 0.25) is 0 Å². The third-order valence-corrected chi connectivity index (χ3v) is 0. The molecular weight excluding hydrogens is 238 g/mol. The van der Waals surface area contributed by atoms with Gasteiger partial charge in [0.05, 0.1) is 0 Å². The monoisotopic (exact) mass is 242 g/mol. The molecule has 0 bridgehead atoms. The summed E-state index contributed by atoms with van der Waals surface area (Å²) in [6, 6.07) is 0. The van der Waals surface area contributed by atoms with Gasteiger partial charge in [-0.25, -0.2) is 0 Å². The fraction of sp³-hybridized carbons (Fsp3) is 0. The third kappa shape index (κ3) is 138. The zero-order valence-corrected chi connectivity index (χ0v) is 7.97. The molecule has 0 rings (SSSR count). The Kier molecular flexibility index (Phi) is 4.57. The van der Waals surface area contributed by atoms with E-state index < -0.39 is 13.0 Å². The molecule has 0 spiro atoms. The molecule has 0 aliphatic heterocycles. The van der Waals surface area contributed by atoms with E-state index in [2.05, 4.69) is 0 Å². The van der Waals surface area contributed by atoms with Crippen molar-refractivity contribution in [2.75, 3.05) is 0 Å². The average Bonchev–Trinajstić information content (AvgIpc) is 0.722. The summed E-state index contributed by atoms with van der Waals surface area (Å²) in [6.45, 7) is 0. The molecule has 0 saturated carbocycles. The van der Waals surface area contributed by atoms with Crippen LogP contribution in [0.4, 0.5) is 0 Å². The molecule has 1 N–H and O–H groups in total. The van der Waals surface area contributed by atoms with Gasteiger partial charge in [0.1, 0.15) is 0 Å². The minimum atomic E-state index is -5.38. The standard InChI is InChI=1S/Mn.H2O.3O.Sn.2H/h;1H2;;;;;;/q+1;;;;;;;/p-1. The van der Waals surface area contributed by atoms with E-state index in [9.17, 15) is 0 Å². The summed E-state index contributed by atoms with van der Waals surface area (Å²) in [7, 11) is 0. The van der Waals surface area contributed by atoms with Crippen LogP contribution >= 0.6 is 0 Å². The van der Waals surface area contributed by atoms with E-state index in [1.807, 2.05) is 0 Å². The van der Waals surface area contributed by atoms with Gasteiger partial charge in [-0.1, -0.05) is 0 Å². The van der Waals surface area contributed by atoms with Gasteiger partial charge in [-0.15, -0.1) is 0 Å². The first-order valence-corrected chi connectivity index (χ1v) is 2.61. The summed E-state index contributed by atoms with van der Waals surface area (Å²) < 4.78 is 33.1. The Labute approximate surface area is 52.7 Å². The van der Waals surface area contributed by atoms with Crippen LogP contribution in [0.15, 0.2) is 0 Å². The van der Waals surface area contributed by atoms with Crippen LogP contribution in [-0.4, -0.2) is 28.1 Å². The van der Waals surface area contributed by atoms with Crippen LogP contribution in [0, 0.1) is 0 Å². The minimum absolute atomic E-state index is 0. The van der Waals surface area contributed by atoms with Crippen LogP contribution in [0.25, 0.3) is 0 Å². The Hall–Kier alpha value is 0.678. The van der Waals surface area contributed by atoms with E-state index in [4.69, 9.17) is 15.7 Å². The summed E-state index contributed by atoms with van der Waals surface area (Å²) in [6.07, 6.45) is 0. The summed E-state index contributed by atoms with van der Waals surface area (Å²) in [5.74, 6) is 0. The van der Waals surface area contributed by atoms with Crippen molar-refractivity contribution in [3.8, 4) is 0 Å². The molecule has 0 fully saturated rings. The first-order valence-electron chi connectivity index (χ1n) is 0.632. The van der Waals surface area contributed by atoms with Crippen LogP contribution in [0.3, 0.4) is 0 Å². The molecular formula is H3MnO4Sn. The van der Waals surface area contributed by atoms with Crippen molar-refractivity contribution >= 4 is 23.9 Å². The Balaban J connectivity index is 0. The quantitative estimate of drug-likeness (QED) is 0.506. The zero-order chi connectivity index (χ0) is 4.50. The van der Waals surface area contributed by atoms with Gasteiger partial charge in [0.25, 0.3) is 0 Å². The molecule has 0 unspecified atom stereocenters. The molecule has 0 amide bonds. The molecule has 6 heavy (non-hydrogen) atoms. The number of hydrogen-bond donors (Lipinski definition) is 1. The van der Waals surface area contributed by atoms with Gasteiger partial charge in [-0.3, -0.25) is 0 Å². The number of hydrogen-bond acceptors (Lipinski definition) is 3. The molecule has 4 nitrogen and oxygen atoms in total. The van der Waals surface area contributed by atoms with Crippen LogP contribution in [-0.2, 0) is 24.5 Å². The fourth-order valence-electron chi connectivity index (χ4n) is 0. The van der Waals surface area contributed by atoms with Gasteiger partial charge in [0, 0.05) is 0 Å². The summed E-state index contributed by atoms with van der Waals surface area (Å²) in [5, 5.41) is 0. The van der Waals surface area contributed by atoms with Crippen molar-refractivity contribution in [2.45, 2.75) is 0 Å². The molecule has 38 valence electrons. The topological polar surface area (TPSA) is 71.4 Å². The summed E-state index contributed by atoms with van der Waals surface area (Å²) >= 11 is -5.38. The van der Waals surface area contributed by atoms with Crippen molar-refractivity contribution in [1.82, 2.24) is 0 Å². The molecule has 0 atom stereocenters. The van der Waals surface area contributed by atoms with Crippen LogP contribution in [0.1, 0.15) is 0 Å². The zero-order valence-electron chi connectivity index (χ0n) is 2.76. The van der Waals surface area contributed by atoms with Gasteiger partial charge in [-0.05, 0) is 0 Å². The molecule has 0 aromatic carbocycles. The predicted molar refractivity (Wildman–Crippen MR) is 12.8 cm³/mol. The molecule has 2 radical (unpaired) electrons. The Bertz CT molecular complexity index is 129. The molecule has 0 heterocycles. The van der Waals surface area contributed by atoms with Crippen LogP contribution < -0.4 is 0 Å². The van der Waals surface area contributed by atoms with E-state index in [1.54, 1.807) is 0 Å². The van der Waals surface area contributed by atoms with Crippen LogP contribution in [0.5, 0.6) is 0 Å². The Morgan fingerprint density at radius 1 is 1.17 bits per heavy atom. The second-order valence-electron chi connectivity index (χ2n) is 0.396. The second-order valence-corrected chi connectivity index (χ2v) is 1.63. The van der Waals surface area contributed by atoms with Crippen molar-refractivity contribution in [1.29, 1.82) is 0 Å². The second kappa shape index (κ2) is 2.79. The number of rotatable bonds is 0. The summed E-state index contributed by atoms with van der Waals surface area (Å²) in [5.41, 5.74) is 0. The van der Waals surface area contributed by atoms with Crippen molar-refractivity contribution in [3.05, 3.63) is 0 Å². The van der Waals surface area contributed by atoms with Gasteiger partial charge < -0.3 is 0 Å². The molecule has 0 aromatic rings. The fourth-order valence-corrected chi connectivity index (χ4v) is 0. The maximum absolute atomic E-state index is 8.69. The van der Waals surface area contributed by atoms with Crippen LogP contribution in [0.2, 0.25) is 0 Å². The van der Waals surface area contributed by atoms with E-state index >= 15 is 0 Å². The van der Waals surface area contributed by atoms with Gasteiger partial charge in [0.15, 0.2) is 0 Å². The van der Waals surface area contributed by atoms with Crippen molar-refractivity contribution in [3.63, 3.8) is 0 Å². The molecule has 0 aliphatic rings. The Morgan fingerprint density at radius 3 is 1.17 bits per heavy atom. The van der Waals surface area contributed by atoms with E-state index in [1.165, 1.54) is 0 Å². The first-order chi connectivity index (χ1) is 2.00. The average molecular weight is 241 g/mol. The van der Waals surface area contributed by atoms with Gasteiger partial charge in [-0.2, -0.15) is 0 Å². The molecule has 0 aliphatic carbocycles. The van der Waals surface area contributed by atoms with Crippen molar-refractivity contribution < 1.29 is 28.7 Å². The molecule has 0 aromatic heterocycles. The van der Waals surface area contributed by atoms with E-state index in [0.717, 1.165) is 0 Å². The SMILES string of the molecule is [O]=[Mn](=[O])(=[O])[OH].[SnH2]. The van der Waals surface area contributed by atoms with Gasteiger partial charge >= 0.3 is 52.6 Å². The third-order valence-electron chi connectivity index (χ3n) is 0. The first kappa shape index (κ1) is 9.84. The van der Waals surface area contributed by atoms with E-state index in [-0.39, 0.29) is 23.9 Å². The summed E-state index contributed by atoms with van der Waals surface area (Å²) in [4.78, 5) is 0. The van der Waals surface area contributed by atoms with E-state index in [0.29, 0.717) is 0 Å². The van der Waals surface area contributed by atoms with Crippen molar-refractivity contribution in [2.24, 2.45) is 0 Å².